The monoisotopic (exact) mass is 1230 g/mol. The fourth-order valence-corrected chi connectivity index (χ4v) is 9.45. The number of hydrogen-bond donors (Lipinski definition) is 5. The van der Waals surface area contributed by atoms with Crippen LogP contribution < -0.4 is 0 Å². The average molecular weight is 1230 g/mol. The molecule has 0 aromatic rings. The number of allylic oxidation sites excluding steroid dienone is 16. The second-order valence-electron chi connectivity index (χ2n) is 20.6. The van der Waals surface area contributed by atoms with E-state index in [0.717, 1.165) is 154 Å². The van der Waals surface area contributed by atoms with E-state index in [1.165, 1.54) is 0 Å². The number of carbonyl (C=O) groups excluding carboxylic acids is 4. The van der Waals surface area contributed by atoms with Gasteiger partial charge in [-0.1, -0.05) is 176 Å². The van der Waals surface area contributed by atoms with E-state index in [1.54, 1.807) is 0 Å². The third-order valence-corrected chi connectivity index (χ3v) is 14.5. The summed E-state index contributed by atoms with van der Waals surface area (Å²) in [6.07, 6.45) is 55.5. The molecule has 0 aliphatic carbocycles. The minimum atomic E-state index is -4.70. The Morgan fingerprint density at radius 2 is 0.571 bits per heavy atom. The standard InChI is InChI=1S/C65H112O17P2/c1-5-9-13-17-21-25-29-33-37-41-45-49-62(67)75-55-60(81-64(69)51-47-43-39-35-31-27-23-19-15-11-7-3)57-79-83(71,72)77-53-59(66)54-78-84(73,74)80-58-61(82-65(70)52-48-44-40-36-32-28-24-20-16-12-8-4)56-76-63(68)50-46-42-38-34-30-26-22-18-14-10-6-2/h9-16,21-28,59-61,66,71-74H,5-8,17-20,29-58H2,1-4H3/q+2/b13-9+,14-10+,15-11+,16-12+,25-21+,26-22+,27-23+,28-24+. The van der Waals surface area contributed by atoms with E-state index in [4.69, 9.17) is 37.0 Å². The Kier molecular flexibility index (Phi) is 55.8. The maximum Gasteiger partial charge on any atom is 0.570 e. The molecule has 19 heteroatoms. The lowest BCUT2D eigenvalue weighted by atomic mass is 10.1. The van der Waals surface area contributed by atoms with E-state index in [-0.39, 0.29) is 25.7 Å². The molecule has 2 unspecified atom stereocenters. The van der Waals surface area contributed by atoms with E-state index in [2.05, 4.69) is 125 Å². The maximum absolute atomic E-state index is 12.9. The van der Waals surface area contributed by atoms with Crippen molar-refractivity contribution in [3.63, 3.8) is 0 Å². The van der Waals surface area contributed by atoms with Crippen molar-refractivity contribution in [2.45, 2.75) is 251 Å². The number of aliphatic hydroxyl groups excluding tert-OH is 1. The number of carbonyl (C=O) groups is 4. The summed E-state index contributed by atoms with van der Waals surface area (Å²) in [4.78, 5) is 93.6. The summed E-state index contributed by atoms with van der Waals surface area (Å²) in [6.45, 7) is 4.67. The number of aliphatic hydroxyl groups is 1. The van der Waals surface area contributed by atoms with Gasteiger partial charge in [-0.25, -0.2) is 0 Å². The van der Waals surface area contributed by atoms with Gasteiger partial charge in [-0.05, 0) is 128 Å². The first-order valence-corrected chi connectivity index (χ1v) is 34.6. The summed E-state index contributed by atoms with van der Waals surface area (Å²) in [6, 6.07) is 0. The highest BCUT2D eigenvalue weighted by molar-refractivity contribution is 7.54. The Bertz CT molecular complexity index is 1730. The van der Waals surface area contributed by atoms with E-state index in [9.17, 15) is 43.9 Å². The summed E-state index contributed by atoms with van der Waals surface area (Å²) in [5.74, 6) is -2.18. The molecule has 0 heterocycles. The van der Waals surface area contributed by atoms with Crippen LogP contribution in [0.1, 0.15) is 233 Å². The van der Waals surface area contributed by atoms with Crippen molar-refractivity contribution in [2.24, 2.45) is 0 Å². The van der Waals surface area contributed by atoms with Crippen molar-refractivity contribution in [3.05, 3.63) is 97.2 Å². The number of hydrogen-bond acceptors (Lipinski definition) is 17. The quantitative estimate of drug-likeness (QED) is 0.0125. The predicted molar refractivity (Wildman–Crippen MR) is 338 cm³/mol. The molecule has 84 heavy (non-hydrogen) atoms. The van der Waals surface area contributed by atoms with Crippen LogP contribution in [0.15, 0.2) is 97.2 Å². The molecule has 0 aromatic carbocycles. The summed E-state index contributed by atoms with van der Waals surface area (Å²) in [5.41, 5.74) is 0. The van der Waals surface area contributed by atoms with Crippen LogP contribution >= 0.6 is 16.3 Å². The molecule has 0 spiro atoms. The SMILES string of the molecule is CC/C=C/C/C=C/CCCCCCC(=O)OCC(CO[P+](O)(O)OCC(O)CO[P+](O)(O)OCC(COC(=O)CCCCCC/C=C/C/C=C/CC)OC(=O)CCCCCC/C=C/C/C=C/CC)OC(=O)CCCCCC/C=C/C/C=C/CC. The van der Waals surface area contributed by atoms with Crippen LogP contribution in [0.2, 0.25) is 0 Å². The van der Waals surface area contributed by atoms with Gasteiger partial charge >= 0.3 is 40.2 Å². The molecule has 5 N–H and O–H groups in total. The highest BCUT2D eigenvalue weighted by atomic mass is 31.2. The summed E-state index contributed by atoms with van der Waals surface area (Å²) >= 11 is 0. The molecule has 0 amide bonds. The molecule has 0 aliphatic heterocycles. The van der Waals surface area contributed by atoms with E-state index in [1.807, 2.05) is 0 Å². The molecule has 0 bridgehead atoms. The number of rotatable bonds is 58. The first-order valence-electron chi connectivity index (χ1n) is 31.5. The average Bonchev–Trinajstić information content (AvgIpc) is 3.58. The fraction of sp³-hybridized carbons (Fsp3) is 0.692. The minimum absolute atomic E-state index is 0.0877. The summed E-state index contributed by atoms with van der Waals surface area (Å²) in [5, 5.41) is 10.6. The molecule has 0 radical (unpaired) electrons. The summed E-state index contributed by atoms with van der Waals surface area (Å²) in [7, 11) is -9.40. The molecule has 0 rings (SSSR count). The molecule has 0 fully saturated rings. The van der Waals surface area contributed by atoms with Crippen LogP contribution in [-0.2, 0) is 56.2 Å². The van der Waals surface area contributed by atoms with Crippen LogP contribution in [0.5, 0.6) is 0 Å². The van der Waals surface area contributed by atoms with Crippen molar-refractivity contribution in [1.82, 2.24) is 0 Å². The van der Waals surface area contributed by atoms with E-state index in [0.29, 0.717) is 25.7 Å². The van der Waals surface area contributed by atoms with Gasteiger partial charge in [0.15, 0.2) is 12.2 Å². The lowest BCUT2D eigenvalue weighted by Crippen LogP contribution is -2.31. The largest absolute Gasteiger partial charge is 0.570 e. The highest BCUT2D eigenvalue weighted by Gasteiger charge is 2.44. The minimum Gasteiger partial charge on any atom is -0.462 e. The molecular formula is C65H112O17P2+2. The zero-order chi connectivity index (χ0) is 61.9. The van der Waals surface area contributed by atoms with Crippen LogP contribution in [0.3, 0.4) is 0 Å². The van der Waals surface area contributed by atoms with Crippen molar-refractivity contribution < 1.29 is 80.9 Å². The zero-order valence-corrected chi connectivity index (χ0v) is 53.7. The van der Waals surface area contributed by atoms with Crippen LogP contribution in [0.4, 0.5) is 0 Å². The van der Waals surface area contributed by atoms with Gasteiger partial charge in [-0.3, -0.25) is 19.2 Å². The Labute approximate surface area is 507 Å². The number of ether oxygens (including phenoxy) is 4. The van der Waals surface area contributed by atoms with Gasteiger partial charge in [0.25, 0.3) is 0 Å². The lowest BCUT2D eigenvalue weighted by molar-refractivity contribution is -0.161. The predicted octanol–water partition coefficient (Wildman–Crippen LogP) is 15.7. The summed E-state index contributed by atoms with van der Waals surface area (Å²) < 4.78 is 42.5. The Morgan fingerprint density at radius 3 is 0.857 bits per heavy atom. The van der Waals surface area contributed by atoms with Crippen molar-refractivity contribution in [3.8, 4) is 0 Å². The highest BCUT2D eigenvalue weighted by Crippen LogP contribution is 2.54. The molecule has 0 saturated carbocycles. The molecular weight excluding hydrogens is 1110 g/mol. The van der Waals surface area contributed by atoms with Crippen LogP contribution in [-0.4, -0.2) is 107 Å². The Balaban J connectivity index is 5.33. The van der Waals surface area contributed by atoms with Gasteiger partial charge < -0.3 is 24.1 Å². The van der Waals surface area contributed by atoms with Gasteiger partial charge in [0.05, 0.1) is 0 Å². The lowest BCUT2D eigenvalue weighted by Gasteiger charge is -2.19. The van der Waals surface area contributed by atoms with Crippen molar-refractivity contribution >= 4 is 40.2 Å². The van der Waals surface area contributed by atoms with Crippen LogP contribution in [0, 0.1) is 0 Å². The molecule has 0 aliphatic rings. The maximum atomic E-state index is 12.9. The second kappa shape index (κ2) is 58.3. The van der Waals surface area contributed by atoms with Crippen molar-refractivity contribution in [2.75, 3.05) is 39.6 Å². The smallest absolute Gasteiger partial charge is 0.462 e. The van der Waals surface area contributed by atoms with Gasteiger partial charge in [-0.15, -0.1) is 9.05 Å². The van der Waals surface area contributed by atoms with E-state index >= 15 is 0 Å². The second-order valence-corrected chi connectivity index (χ2v) is 23.6. The topological polar surface area (TPSA) is 243 Å². The van der Waals surface area contributed by atoms with Gasteiger partial charge in [-0.2, -0.15) is 28.6 Å². The Morgan fingerprint density at radius 1 is 0.321 bits per heavy atom. The normalized spacial score (nSPS) is 13.8. The number of esters is 4. The van der Waals surface area contributed by atoms with Gasteiger partial charge in [0.1, 0.15) is 45.7 Å². The van der Waals surface area contributed by atoms with Gasteiger partial charge in [0, 0.05) is 25.7 Å². The third-order valence-electron chi connectivity index (χ3n) is 12.6. The molecule has 482 valence electrons. The zero-order valence-electron chi connectivity index (χ0n) is 51.9. The first kappa shape index (κ1) is 80.3. The number of unbranched alkanes of at least 4 members (excludes halogenated alkanes) is 16. The van der Waals surface area contributed by atoms with Crippen LogP contribution in [0.25, 0.3) is 0 Å². The van der Waals surface area contributed by atoms with Gasteiger partial charge in [0.2, 0.25) is 0 Å². The molecule has 0 aromatic heterocycles. The molecule has 2 atom stereocenters. The third kappa shape index (κ3) is 57.4. The molecule has 0 saturated heterocycles. The van der Waals surface area contributed by atoms with Crippen molar-refractivity contribution in [1.29, 1.82) is 0 Å². The van der Waals surface area contributed by atoms with E-state index < -0.39 is 98.2 Å². The fourth-order valence-electron chi connectivity index (χ4n) is 7.85. The first-order chi connectivity index (χ1) is 40.7. The molecule has 17 nitrogen and oxygen atoms in total. The Hall–Kier alpha value is -3.70.